The Hall–Kier alpha value is -3.48. The molecule has 0 radical (unpaired) electrons. The molecule has 2 aromatic carbocycles. The molecule has 0 unspecified atom stereocenters. The van der Waals surface area contributed by atoms with Gasteiger partial charge in [0.25, 0.3) is 0 Å². The van der Waals surface area contributed by atoms with E-state index in [1.54, 1.807) is 12.1 Å². The maximum Gasteiger partial charge on any atom is 0.416 e. The number of para-hydroxylation sites is 1. The third kappa shape index (κ3) is 5.14. The number of aliphatic hydroxyl groups is 2. The number of aliphatic hydroxyl groups excluding tert-OH is 2. The van der Waals surface area contributed by atoms with Crippen molar-refractivity contribution in [1.82, 2.24) is 29.1 Å². The van der Waals surface area contributed by atoms with Gasteiger partial charge in [0.1, 0.15) is 13.2 Å². The summed E-state index contributed by atoms with van der Waals surface area (Å²) in [5, 5.41) is 28.3. The Morgan fingerprint density at radius 3 is 2.40 bits per heavy atom. The van der Waals surface area contributed by atoms with Crippen LogP contribution in [0.1, 0.15) is 17.2 Å². The van der Waals surface area contributed by atoms with Crippen molar-refractivity contribution in [3.05, 3.63) is 81.3 Å². The molecular formula is C22H20ClF3N6O3. The topological polar surface area (TPSA) is 111 Å². The van der Waals surface area contributed by atoms with Gasteiger partial charge in [-0.2, -0.15) is 13.2 Å². The van der Waals surface area contributed by atoms with Gasteiger partial charge in [0.15, 0.2) is 23.6 Å². The standard InChI is InChI=1S/C22H20ClF3N6O3/c1-13-4-2-3-5-16(13)32-19(12-33)27-18(28-32)11-31-21(35)30(10-17(34)22(24,25)26)20(29-31)14-6-8-15(23)9-7-14/h2-9,17,33-34H,10-12H2,1H3/t17-/m0/s1. The number of hydrogen-bond acceptors (Lipinski definition) is 6. The lowest BCUT2D eigenvalue weighted by molar-refractivity contribution is -0.207. The Kier molecular flexibility index (Phi) is 6.79. The minimum Gasteiger partial charge on any atom is -0.388 e. The molecule has 0 aliphatic heterocycles. The number of alkyl halides is 3. The van der Waals surface area contributed by atoms with Crippen LogP contribution in [0.2, 0.25) is 5.02 Å². The van der Waals surface area contributed by atoms with Crippen LogP contribution in [0.4, 0.5) is 13.2 Å². The summed E-state index contributed by atoms with van der Waals surface area (Å²) < 4.78 is 42.2. The number of hydrogen-bond donors (Lipinski definition) is 2. The van der Waals surface area contributed by atoms with Crippen LogP contribution in [0, 0.1) is 6.92 Å². The monoisotopic (exact) mass is 508 g/mol. The summed E-state index contributed by atoms with van der Waals surface area (Å²) in [5.41, 5.74) is 0.972. The Morgan fingerprint density at radius 1 is 1.09 bits per heavy atom. The predicted molar refractivity (Wildman–Crippen MR) is 120 cm³/mol. The summed E-state index contributed by atoms with van der Waals surface area (Å²) in [4.78, 5) is 17.3. The SMILES string of the molecule is Cc1ccccc1-n1nc(Cn2nc(-c3ccc(Cl)cc3)n(C[C@H](O)C(F)(F)F)c2=O)nc1CO. The van der Waals surface area contributed by atoms with Gasteiger partial charge in [-0.3, -0.25) is 4.57 Å². The van der Waals surface area contributed by atoms with Gasteiger partial charge in [-0.25, -0.2) is 19.1 Å². The third-order valence-electron chi connectivity index (χ3n) is 5.25. The van der Waals surface area contributed by atoms with Crippen molar-refractivity contribution in [1.29, 1.82) is 0 Å². The van der Waals surface area contributed by atoms with E-state index in [0.29, 0.717) is 16.3 Å². The Morgan fingerprint density at radius 2 is 1.77 bits per heavy atom. The summed E-state index contributed by atoms with van der Waals surface area (Å²) in [7, 11) is 0. The van der Waals surface area contributed by atoms with Crippen LogP contribution in [-0.2, 0) is 19.7 Å². The van der Waals surface area contributed by atoms with Crippen LogP contribution in [0.3, 0.4) is 0 Å². The molecule has 0 aliphatic rings. The molecule has 9 nitrogen and oxygen atoms in total. The van der Waals surface area contributed by atoms with Crippen LogP contribution in [-0.4, -0.2) is 51.6 Å². The van der Waals surface area contributed by atoms with Crippen molar-refractivity contribution in [2.24, 2.45) is 0 Å². The maximum absolute atomic E-state index is 13.0. The molecule has 4 rings (SSSR count). The van der Waals surface area contributed by atoms with Gasteiger partial charge in [0, 0.05) is 10.6 Å². The zero-order chi connectivity index (χ0) is 25.3. The Bertz CT molecular complexity index is 1390. The molecular weight excluding hydrogens is 489 g/mol. The zero-order valence-electron chi connectivity index (χ0n) is 18.3. The fourth-order valence-electron chi connectivity index (χ4n) is 3.49. The molecule has 13 heteroatoms. The highest BCUT2D eigenvalue weighted by molar-refractivity contribution is 6.30. The average Bonchev–Trinajstić information content (AvgIpc) is 3.35. The van der Waals surface area contributed by atoms with Crippen LogP contribution >= 0.6 is 11.6 Å². The molecule has 0 bridgehead atoms. The quantitative estimate of drug-likeness (QED) is 0.397. The molecule has 2 heterocycles. The fraction of sp³-hybridized carbons (Fsp3) is 0.273. The lowest BCUT2D eigenvalue weighted by atomic mass is 10.2. The van der Waals surface area contributed by atoms with Crippen LogP contribution < -0.4 is 5.69 Å². The molecule has 35 heavy (non-hydrogen) atoms. The second kappa shape index (κ2) is 9.64. The van der Waals surface area contributed by atoms with E-state index in [1.807, 2.05) is 19.1 Å². The fourth-order valence-corrected chi connectivity index (χ4v) is 3.61. The number of benzene rings is 2. The lowest BCUT2D eigenvalue weighted by Crippen LogP contribution is -2.37. The van der Waals surface area contributed by atoms with E-state index in [2.05, 4.69) is 15.2 Å². The van der Waals surface area contributed by atoms with Crippen LogP contribution in [0.15, 0.2) is 53.3 Å². The smallest absolute Gasteiger partial charge is 0.388 e. The molecule has 2 N–H and O–H groups in total. The molecule has 2 aromatic heterocycles. The second-order valence-corrected chi connectivity index (χ2v) is 8.18. The summed E-state index contributed by atoms with van der Waals surface area (Å²) >= 11 is 5.90. The highest BCUT2D eigenvalue weighted by atomic mass is 35.5. The van der Waals surface area contributed by atoms with E-state index in [9.17, 15) is 28.2 Å². The minimum absolute atomic E-state index is 0.0873. The van der Waals surface area contributed by atoms with E-state index >= 15 is 0 Å². The van der Waals surface area contributed by atoms with Crippen molar-refractivity contribution in [3.8, 4) is 17.1 Å². The molecule has 0 amide bonds. The second-order valence-electron chi connectivity index (χ2n) is 7.74. The third-order valence-corrected chi connectivity index (χ3v) is 5.50. The summed E-state index contributed by atoms with van der Waals surface area (Å²) in [6.45, 7) is 0.0977. The molecule has 0 saturated heterocycles. The average molecular weight is 509 g/mol. The molecule has 4 aromatic rings. The van der Waals surface area contributed by atoms with Crippen molar-refractivity contribution in [2.45, 2.75) is 38.9 Å². The molecule has 0 saturated carbocycles. The summed E-state index contributed by atoms with van der Waals surface area (Å²) in [5.74, 6) is 0.242. The molecule has 1 atom stereocenters. The van der Waals surface area contributed by atoms with Crippen LogP contribution in [0.25, 0.3) is 17.1 Å². The van der Waals surface area contributed by atoms with Crippen molar-refractivity contribution >= 4 is 11.6 Å². The first-order valence-electron chi connectivity index (χ1n) is 10.4. The minimum atomic E-state index is -4.93. The van der Waals surface area contributed by atoms with Gasteiger partial charge < -0.3 is 10.2 Å². The van der Waals surface area contributed by atoms with Gasteiger partial charge in [-0.1, -0.05) is 29.8 Å². The molecule has 0 fully saturated rings. The van der Waals surface area contributed by atoms with Crippen molar-refractivity contribution < 1.29 is 23.4 Å². The Labute approximate surface area is 201 Å². The number of aromatic nitrogens is 6. The zero-order valence-corrected chi connectivity index (χ0v) is 19.1. The number of aryl methyl sites for hydroxylation is 1. The van der Waals surface area contributed by atoms with Crippen molar-refractivity contribution in [2.75, 3.05) is 0 Å². The first kappa shape index (κ1) is 24.6. The van der Waals surface area contributed by atoms with E-state index in [-0.39, 0.29) is 24.0 Å². The highest BCUT2D eigenvalue weighted by Gasteiger charge is 2.39. The summed E-state index contributed by atoms with van der Waals surface area (Å²) in [6.07, 6.45) is -7.70. The van der Waals surface area contributed by atoms with E-state index < -0.39 is 31.1 Å². The maximum atomic E-state index is 13.0. The number of halogens is 4. The normalized spacial score (nSPS) is 12.8. The first-order valence-corrected chi connectivity index (χ1v) is 10.8. The summed E-state index contributed by atoms with van der Waals surface area (Å²) in [6, 6.07) is 13.3. The number of nitrogens with zero attached hydrogens (tertiary/aromatic N) is 6. The number of rotatable bonds is 7. The predicted octanol–water partition coefficient (Wildman–Crippen LogP) is 2.72. The Balaban J connectivity index is 1.76. The molecule has 0 aliphatic carbocycles. The highest BCUT2D eigenvalue weighted by Crippen LogP contribution is 2.24. The van der Waals surface area contributed by atoms with Gasteiger partial charge in [-0.05, 0) is 42.8 Å². The molecule has 184 valence electrons. The first-order chi connectivity index (χ1) is 16.6. The van der Waals surface area contributed by atoms with E-state index in [1.165, 1.54) is 28.9 Å². The lowest BCUT2D eigenvalue weighted by Gasteiger charge is -2.15. The van der Waals surface area contributed by atoms with E-state index in [0.717, 1.165) is 14.8 Å². The van der Waals surface area contributed by atoms with Crippen molar-refractivity contribution in [3.63, 3.8) is 0 Å². The van der Waals surface area contributed by atoms with E-state index in [4.69, 9.17) is 11.6 Å². The van der Waals surface area contributed by atoms with Crippen LogP contribution in [0.5, 0.6) is 0 Å². The van der Waals surface area contributed by atoms with Gasteiger partial charge in [-0.15, -0.1) is 10.2 Å². The largest absolute Gasteiger partial charge is 0.416 e. The molecule has 0 spiro atoms. The van der Waals surface area contributed by atoms with Gasteiger partial charge in [0.05, 0.1) is 12.2 Å². The van der Waals surface area contributed by atoms with Gasteiger partial charge in [0.2, 0.25) is 0 Å². The van der Waals surface area contributed by atoms with Gasteiger partial charge >= 0.3 is 11.9 Å².